The lowest BCUT2D eigenvalue weighted by Gasteiger charge is -2.41. The molecule has 1 aromatic heterocycles. The van der Waals surface area contributed by atoms with Crippen molar-refractivity contribution in [3.8, 4) is 5.75 Å². The van der Waals surface area contributed by atoms with Crippen LogP contribution < -0.4 is 10.1 Å². The molecule has 0 aliphatic carbocycles. The van der Waals surface area contributed by atoms with Gasteiger partial charge in [-0.15, -0.1) is 0 Å². The lowest BCUT2D eigenvalue weighted by molar-refractivity contribution is 0.0585. The number of fused-ring (bicyclic) bond motifs is 3. The summed E-state index contributed by atoms with van der Waals surface area (Å²) in [5, 5.41) is 4.31. The Kier molecular flexibility index (Phi) is 8.66. The van der Waals surface area contributed by atoms with Gasteiger partial charge >= 0.3 is 12.1 Å². The van der Waals surface area contributed by atoms with Gasteiger partial charge in [0.25, 0.3) is 0 Å². The minimum absolute atomic E-state index is 0.0507. The second-order valence-electron chi connectivity index (χ2n) is 12.4. The van der Waals surface area contributed by atoms with Gasteiger partial charge in [0.05, 0.1) is 13.2 Å². The molecule has 3 aromatic carbocycles. The number of benzene rings is 3. The van der Waals surface area contributed by atoms with Gasteiger partial charge < -0.3 is 24.0 Å². The molecule has 0 fully saturated rings. The molecule has 5 rings (SSSR count). The van der Waals surface area contributed by atoms with Gasteiger partial charge in [0, 0.05) is 30.1 Å². The van der Waals surface area contributed by atoms with E-state index in [-0.39, 0.29) is 30.0 Å². The van der Waals surface area contributed by atoms with E-state index in [4.69, 9.17) is 18.6 Å². The van der Waals surface area contributed by atoms with Crippen LogP contribution in [0.3, 0.4) is 0 Å². The first-order valence-electron chi connectivity index (χ1n) is 14.6. The van der Waals surface area contributed by atoms with Gasteiger partial charge in [0.2, 0.25) is 0 Å². The van der Waals surface area contributed by atoms with Crippen LogP contribution in [-0.2, 0) is 33.5 Å². The van der Waals surface area contributed by atoms with Crippen molar-refractivity contribution in [2.24, 2.45) is 0 Å². The van der Waals surface area contributed by atoms with Gasteiger partial charge in [0.1, 0.15) is 30.2 Å². The van der Waals surface area contributed by atoms with Crippen LogP contribution in [0.1, 0.15) is 48.0 Å². The maximum Gasteiger partial charge on any atom is 0.419 e. The fraction of sp³-hybridized carbons (Fsp3) is 0.353. The summed E-state index contributed by atoms with van der Waals surface area (Å²) in [4.78, 5) is 26.8. The Balaban J connectivity index is 1.60. The summed E-state index contributed by atoms with van der Waals surface area (Å²) in [5.41, 5.74) is 4.18. The van der Waals surface area contributed by atoms with E-state index in [1.54, 1.807) is 6.07 Å². The molecule has 9 heteroatoms. The molecule has 1 aliphatic rings. The Labute approximate surface area is 254 Å². The van der Waals surface area contributed by atoms with E-state index in [0.717, 1.165) is 22.4 Å². The average Bonchev–Trinajstić information content (AvgIpc) is 3.40. The molecule has 0 unspecified atom stereocenters. The van der Waals surface area contributed by atoms with Crippen molar-refractivity contribution in [3.05, 3.63) is 95.2 Å². The lowest BCUT2D eigenvalue weighted by atomic mass is 9.97. The van der Waals surface area contributed by atoms with E-state index in [9.17, 15) is 9.59 Å². The third kappa shape index (κ3) is 6.47. The van der Waals surface area contributed by atoms with Crippen molar-refractivity contribution in [2.75, 3.05) is 19.0 Å². The van der Waals surface area contributed by atoms with Gasteiger partial charge in [-0.3, -0.25) is 0 Å². The molecule has 2 heterocycles. The first kappa shape index (κ1) is 30.4. The van der Waals surface area contributed by atoms with Gasteiger partial charge in [-0.25, -0.2) is 14.2 Å². The summed E-state index contributed by atoms with van der Waals surface area (Å²) in [6.07, 6.45) is -0.141. The largest absolute Gasteiger partial charge is 0.487 e. The fourth-order valence-electron chi connectivity index (χ4n) is 5.07. The summed E-state index contributed by atoms with van der Waals surface area (Å²) < 4.78 is 25.3. The van der Waals surface area contributed by atoms with Crippen LogP contribution in [0.5, 0.6) is 5.75 Å². The summed E-state index contributed by atoms with van der Waals surface area (Å²) in [6, 6.07) is 22.8. The zero-order chi connectivity index (χ0) is 30.8. The molecule has 1 N–H and O–H groups in total. The summed E-state index contributed by atoms with van der Waals surface area (Å²) in [7, 11) is -0.752. The number of esters is 1. The van der Waals surface area contributed by atoms with Crippen molar-refractivity contribution >= 4 is 37.0 Å². The van der Waals surface area contributed by atoms with Gasteiger partial charge in [-0.1, -0.05) is 81.4 Å². The molecule has 0 bridgehead atoms. The minimum Gasteiger partial charge on any atom is -0.487 e. The zero-order valence-electron chi connectivity index (χ0n) is 25.7. The molecule has 1 atom stereocenters. The van der Waals surface area contributed by atoms with Gasteiger partial charge in [0.15, 0.2) is 8.32 Å². The molecule has 43 heavy (non-hydrogen) atoms. The number of hydrogen-bond acceptors (Lipinski definition) is 7. The molecule has 0 radical (unpaired) electrons. The monoisotopic (exact) mass is 600 g/mol. The Bertz CT molecular complexity index is 1610. The normalized spacial score (nSPS) is 15.0. The van der Waals surface area contributed by atoms with Crippen LogP contribution >= 0.6 is 0 Å². The van der Waals surface area contributed by atoms with Crippen LogP contribution in [0, 0.1) is 0 Å². The number of anilines is 1. The first-order chi connectivity index (χ1) is 20.5. The second-order valence-corrected chi connectivity index (χ2v) is 17.2. The van der Waals surface area contributed by atoms with Crippen molar-refractivity contribution in [3.63, 3.8) is 0 Å². The summed E-state index contributed by atoms with van der Waals surface area (Å²) in [6.45, 7) is 12.1. The van der Waals surface area contributed by atoms with E-state index in [2.05, 4.69) is 39.2 Å². The van der Waals surface area contributed by atoms with Crippen molar-refractivity contribution in [1.82, 2.24) is 4.57 Å². The highest BCUT2D eigenvalue weighted by Gasteiger charge is 2.40. The Hall–Kier alpha value is -4.08. The van der Waals surface area contributed by atoms with Crippen LogP contribution in [0.25, 0.3) is 10.9 Å². The highest BCUT2D eigenvalue weighted by Crippen LogP contribution is 2.42. The van der Waals surface area contributed by atoms with Crippen molar-refractivity contribution in [2.45, 2.75) is 64.6 Å². The highest BCUT2D eigenvalue weighted by atomic mass is 28.4. The lowest BCUT2D eigenvalue weighted by Crippen LogP contribution is -2.47. The van der Waals surface area contributed by atoms with Crippen LogP contribution in [0.15, 0.2) is 72.8 Å². The molecule has 0 saturated carbocycles. The van der Waals surface area contributed by atoms with Gasteiger partial charge in [-0.05, 0) is 40.9 Å². The van der Waals surface area contributed by atoms with Crippen LogP contribution in [0.4, 0.5) is 10.5 Å². The zero-order valence-corrected chi connectivity index (χ0v) is 26.7. The molecule has 4 aromatic rings. The number of hydrogen-bond donors (Lipinski definition) is 1. The molecular formula is C34H40N2O6Si. The van der Waals surface area contributed by atoms with Crippen molar-refractivity contribution < 1.29 is 28.2 Å². The smallest absolute Gasteiger partial charge is 0.419 e. The second kappa shape index (κ2) is 12.3. The number of nitrogens with one attached hydrogen (secondary N) is 1. The topological polar surface area (TPSA) is 88.0 Å². The first-order valence-corrected chi connectivity index (χ1v) is 17.5. The molecule has 226 valence electrons. The van der Waals surface area contributed by atoms with Crippen molar-refractivity contribution in [1.29, 1.82) is 0 Å². The number of rotatable bonds is 8. The van der Waals surface area contributed by atoms with Crippen LogP contribution in [-0.4, -0.2) is 44.7 Å². The van der Waals surface area contributed by atoms with E-state index in [1.165, 1.54) is 11.7 Å². The molecule has 8 nitrogen and oxygen atoms in total. The number of nitrogens with zero attached hydrogens (tertiary/aromatic N) is 1. The number of carbonyl (C=O) groups is 2. The maximum absolute atomic E-state index is 13.7. The SMILES string of the molecule is COC(=O)c1cc2c3c(cc(OCc4ccccc4)c2n1C(=O)OCc1ccccc1)NC[C@@H](O[Si](C)(C)C(C)(C)C)C3. The molecule has 0 saturated heterocycles. The third-order valence-corrected chi connectivity index (χ3v) is 12.9. The van der Waals surface area contributed by atoms with E-state index < -0.39 is 20.4 Å². The summed E-state index contributed by atoms with van der Waals surface area (Å²) >= 11 is 0. The quantitative estimate of drug-likeness (QED) is 0.165. The standard InChI is InChI=1S/C34H40N2O6Si/c1-34(2,3)43(5,6)42-25-17-26-27-18-29(32(37)39-4)36(33(38)41-22-24-15-11-8-12-16-24)31(27)30(19-28(26)35-20-25)40-21-23-13-9-7-10-14-23/h7-16,18-19,25,35H,17,20-22H2,1-6H3/t25-/m0/s1. The fourth-order valence-corrected chi connectivity index (χ4v) is 6.42. The molecule has 1 aliphatic heterocycles. The minimum atomic E-state index is -2.05. The highest BCUT2D eigenvalue weighted by molar-refractivity contribution is 6.74. The summed E-state index contributed by atoms with van der Waals surface area (Å²) in [5.74, 6) is -0.186. The molecular weight excluding hydrogens is 560 g/mol. The third-order valence-electron chi connectivity index (χ3n) is 8.40. The molecule has 0 spiro atoms. The Morgan fingerprint density at radius 2 is 1.58 bits per heavy atom. The van der Waals surface area contributed by atoms with Crippen LogP contribution in [0.2, 0.25) is 18.1 Å². The van der Waals surface area contributed by atoms with E-state index in [1.807, 2.05) is 66.7 Å². The Morgan fingerprint density at radius 1 is 0.953 bits per heavy atom. The Morgan fingerprint density at radius 3 is 2.19 bits per heavy atom. The van der Waals surface area contributed by atoms with Gasteiger partial charge in [-0.2, -0.15) is 0 Å². The van der Waals surface area contributed by atoms with E-state index >= 15 is 0 Å². The predicted molar refractivity (Wildman–Crippen MR) is 170 cm³/mol. The predicted octanol–water partition coefficient (Wildman–Crippen LogP) is 7.55. The number of carbonyl (C=O) groups excluding carboxylic acids is 2. The molecule has 0 amide bonds. The maximum atomic E-state index is 13.7. The van der Waals surface area contributed by atoms with E-state index in [0.29, 0.717) is 29.6 Å². The average molecular weight is 601 g/mol. The number of aromatic nitrogens is 1. The number of ether oxygens (including phenoxy) is 3. The number of methoxy groups -OCH3 is 1.